The molecule has 17 heteroatoms. The molecule has 0 aliphatic heterocycles. The second kappa shape index (κ2) is 19.6. The molecule has 0 aliphatic rings. The molecule has 0 atom stereocenters. The zero-order valence-corrected chi connectivity index (χ0v) is 27.8. The van der Waals surface area contributed by atoms with Gasteiger partial charge >= 0.3 is 12.4 Å². The van der Waals surface area contributed by atoms with Gasteiger partial charge in [-0.1, -0.05) is 42.7 Å². The third-order valence-electron chi connectivity index (χ3n) is 6.50. The topological polar surface area (TPSA) is 156 Å². The summed E-state index contributed by atoms with van der Waals surface area (Å²) >= 11 is 6.34. The fourth-order valence-corrected chi connectivity index (χ4v) is 4.87. The van der Waals surface area contributed by atoms with Gasteiger partial charge in [-0.15, -0.1) is 0 Å². The Morgan fingerprint density at radius 3 is 1.98 bits per heavy atom. The number of hydrogen-bond acceptors (Lipinski definition) is 10. The van der Waals surface area contributed by atoms with Gasteiger partial charge in [0, 0.05) is 31.7 Å². The van der Waals surface area contributed by atoms with Crippen molar-refractivity contribution in [3.05, 3.63) is 87.0 Å². The van der Waals surface area contributed by atoms with E-state index in [1.54, 1.807) is 29.2 Å². The van der Waals surface area contributed by atoms with Gasteiger partial charge in [-0.25, -0.2) is 5.84 Å². The van der Waals surface area contributed by atoms with Gasteiger partial charge in [-0.2, -0.15) is 26.3 Å². The van der Waals surface area contributed by atoms with Gasteiger partial charge in [0.25, 0.3) is 0 Å². The number of halogens is 7. The van der Waals surface area contributed by atoms with E-state index in [4.69, 9.17) is 37.3 Å². The highest BCUT2D eigenvalue weighted by atomic mass is 35.5. The van der Waals surface area contributed by atoms with E-state index >= 15 is 0 Å². The van der Waals surface area contributed by atoms with E-state index < -0.39 is 53.7 Å². The number of benzene rings is 2. The van der Waals surface area contributed by atoms with Crippen LogP contribution < -0.4 is 11.6 Å². The minimum atomic E-state index is -5.06. The first-order chi connectivity index (χ1) is 23.0. The van der Waals surface area contributed by atoms with Crippen molar-refractivity contribution >= 4 is 30.5 Å². The number of alkyl halides is 6. The molecular weight excluding hydrogens is 684 g/mol. The zero-order valence-electron chi connectivity index (χ0n) is 27.0. The third-order valence-corrected chi connectivity index (χ3v) is 6.83. The number of hydrogen-bond donors (Lipinski definition) is 3. The van der Waals surface area contributed by atoms with Crippen molar-refractivity contribution in [1.29, 1.82) is 0 Å². The number of hydrazine groups is 1. The van der Waals surface area contributed by atoms with Crippen LogP contribution in [0.25, 0.3) is 11.3 Å². The lowest BCUT2D eigenvalue weighted by molar-refractivity contribution is -0.143. The number of aliphatic hydroxyl groups excluding tert-OH is 1. The molecule has 0 amide bonds. The van der Waals surface area contributed by atoms with Crippen molar-refractivity contribution in [3.8, 4) is 11.3 Å². The lowest BCUT2D eigenvalue weighted by Gasteiger charge is -2.34. The average Bonchev–Trinajstić information content (AvgIpc) is 3.45. The van der Waals surface area contributed by atoms with Crippen LogP contribution in [-0.4, -0.2) is 58.7 Å². The van der Waals surface area contributed by atoms with Gasteiger partial charge in [-0.05, 0) is 55.7 Å². The Morgan fingerprint density at radius 1 is 1.02 bits per heavy atom. The molecule has 3 aromatic rings. The third kappa shape index (κ3) is 11.6. The second-order valence-electron chi connectivity index (χ2n) is 10.1. The van der Waals surface area contributed by atoms with Crippen molar-refractivity contribution in [3.63, 3.8) is 0 Å². The molecule has 0 saturated carbocycles. The molecule has 0 fully saturated rings. The summed E-state index contributed by atoms with van der Waals surface area (Å²) in [4.78, 5) is 32.5. The summed E-state index contributed by atoms with van der Waals surface area (Å²) in [5.74, 6) is 5.33. The van der Waals surface area contributed by atoms with E-state index in [1.165, 1.54) is 6.92 Å². The molecule has 2 aromatic carbocycles. The minimum Gasteiger partial charge on any atom is -0.396 e. The number of aromatic nitrogens is 1. The highest BCUT2D eigenvalue weighted by Gasteiger charge is 2.37. The maximum Gasteiger partial charge on any atom is 0.416 e. The Kier molecular flexibility index (Phi) is 17.0. The van der Waals surface area contributed by atoms with Gasteiger partial charge in [0.2, 0.25) is 5.78 Å². The van der Waals surface area contributed by atoms with E-state index in [0.717, 1.165) is 11.3 Å². The monoisotopic (exact) mass is 721 g/mol. The van der Waals surface area contributed by atoms with E-state index in [2.05, 4.69) is 5.16 Å². The Hall–Kier alpha value is -4.41. The van der Waals surface area contributed by atoms with Gasteiger partial charge in [-0.3, -0.25) is 9.80 Å². The van der Waals surface area contributed by atoms with E-state index in [9.17, 15) is 36.2 Å². The van der Waals surface area contributed by atoms with Crippen LogP contribution in [0.15, 0.2) is 58.5 Å². The number of carbonyl (C=O) groups is 3. The molecule has 0 aliphatic carbocycles. The Labute approximate surface area is 284 Å². The highest BCUT2D eigenvalue weighted by Crippen LogP contribution is 2.37. The number of rotatable bonds is 13. The van der Waals surface area contributed by atoms with Crippen LogP contribution in [0.2, 0.25) is 5.02 Å². The largest absolute Gasteiger partial charge is 0.416 e. The predicted octanol–water partition coefficient (Wildman–Crippen LogP) is 6.40. The van der Waals surface area contributed by atoms with Crippen LogP contribution in [0.1, 0.15) is 66.4 Å². The second-order valence-corrected chi connectivity index (χ2v) is 10.5. The average molecular weight is 722 g/mol. The molecule has 270 valence electrons. The molecule has 0 saturated heterocycles. The molecule has 49 heavy (non-hydrogen) atoms. The normalized spacial score (nSPS) is 11.8. The van der Waals surface area contributed by atoms with E-state index in [0.29, 0.717) is 43.6 Å². The standard InChI is InChI=1S/C29H32ClF6N5O3.C2H4O.CH2O/c1-3-10-40(11-4-2)27(41(38)16-17-13-18(28(31,32)33)15-19(14-17)29(34,35)36)24(37)25(43)23-22(9-12-42)39-44-26(23)20-7-5-6-8-21(20)30;1-2-3;1-2/h5-8,13-15,42H,3-4,9-12,16,37-38H2,1-2H3;2H,1H3;1H2/b27-24-;;. The summed E-state index contributed by atoms with van der Waals surface area (Å²) in [5.41, 5.74) is 2.80. The number of nitrogens with zero attached hydrogens (tertiary/aromatic N) is 3. The van der Waals surface area contributed by atoms with Crippen molar-refractivity contribution < 1.29 is 50.4 Å². The Morgan fingerprint density at radius 2 is 1.53 bits per heavy atom. The van der Waals surface area contributed by atoms with Crippen LogP contribution >= 0.6 is 11.6 Å². The highest BCUT2D eigenvalue weighted by molar-refractivity contribution is 6.33. The Bertz CT molecular complexity index is 1520. The molecule has 10 nitrogen and oxygen atoms in total. The summed E-state index contributed by atoms with van der Waals surface area (Å²) in [6.45, 7) is 6.64. The molecule has 5 N–H and O–H groups in total. The van der Waals surface area contributed by atoms with Gasteiger partial charge < -0.3 is 29.9 Å². The molecule has 0 spiro atoms. The molecule has 0 radical (unpaired) electrons. The van der Waals surface area contributed by atoms with Gasteiger partial charge in [0.15, 0.2) is 5.76 Å². The summed E-state index contributed by atoms with van der Waals surface area (Å²) < 4.78 is 86.6. The van der Waals surface area contributed by atoms with Gasteiger partial charge in [0.05, 0.1) is 34.0 Å². The number of carbonyl (C=O) groups excluding carboxylic acids is 3. The quantitative estimate of drug-likeness (QED) is 0.0451. The fourth-order valence-electron chi connectivity index (χ4n) is 4.65. The molecule has 0 unspecified atom stereocenters. The van der Waals surface area contributed by atoms with Crippen LogP contribution in [0.5, 0.6) is 0 Å². The van der Waals surface area contributed by atoms with Crippen molar-refractivity contribution in [2.24, 2.45) is 11.6 Å². The first kappa shape index (κ1) is 42.6. The lowest BCUT2D eigenvalue weighted by Crippen LogP contribution is -2.43. The van der Waals surface area contributed by atoms with E-state index in [-0.39, 0.29) is 40.3 Å². The smallest absolute Gasteiger partial charge is 0.396 e. The first-order valence-electron chi connectivity index (χ1n) is 14.7. The summed E-state index contributed by atoms with van der Waals surface area (Å²) in [7, 11) is 0. The summed E-state index contributed by atoms with van der Waals surface area (Å²) in [6, 6.07) is 7.56. The lowest BCUT2D eigenvalue weighted by atomic mass is 9.99. The molecule has 0 bridgehead atoms. The number of nitrogens with two attached hydrogens (primary N) is 2. The molecule has 1 aromatic heterocycles. The number of aliphatic hydroxyl groups is 1. The van der Waals surface area contributed by atoms with Crippen LogP contribution in [0, 0.1) is 0 Å². The summed E-state index contributed by atoms with van der Waals surface area (Å²) in [5, 5.41) is 14.6. The minimum absolute atomic E-state index is 0.0182. The predicted molar refractivity (Wildman–Crippen MR) is 170 cm³/mol. The number of Topliss-reactive ketones (excluding diaryl/α,β-unsaturated/α-hetero) is 1. The van der Waals surface area contributed by atoms with Crippen molar-refractivity contribution in [2.75, 3.05) is 19.7 Å². The number of aldehydes is 1. The first-order valence-corrected chi connectivity index (χ1v) is 15.1. The maximum atomic E-state index is 14.1. The van der Waals surface area contributed by atoms with Gasteiger partial charge in [0.1, 0.15) is 24.6 Å². The SMILES string of the molecule is C=O.CC=O.CCCN(CCC)/C(=C(/N)C(=O)c1c(CCO)noc1-c1ccccc1Cl)N(N)Cc1cc(C(F)(F)F)cc(C(F)(F)F)c1. The van der Waals surface area contributed by atoms with Crippen molar-refractivity contribution in [2.45, 2.75) is 58.9 Å². The zero-order chi connectivity index (χ0) is 37.5. The van der Waals surface area contributed by atoms with Crippen molar-refractivity contribution in [1.82, 2.24) is 15.1 Å². The maximum absolute atomic E-state index is 14.1. The van der Waals surface area contributed by atoms with Crippen LogP contribution in [-0.2, 0) is 34.9 Å². The molecule has 3 rings (SSSR count). The number of ketones is 1. The molecular formula is C32H38ClF6N5O5. The summed E-state index contributed by atoms with van der Waals surface area (Å²) in [6.07, 6.45) is -8.40. The number of allylic oxidation sites excluding steroid dienone is 1. The van der Waals surface area contributed by atoms with Crippen LogP contribution in [0.4, 0.5) is 26.3 Å². The Balaban J connectivity index is 0.00000227. The van der Waals surface area contributed by atoms with E-state index in [1.807, 2.05) is 20.6 Å². The molecule has 1 heterocycles. The van der Waals surface area contributed by atoms with Crippen LogP contribution in [0.3, 0.4) is 0 Å². The fraction of sp³-hybridized carbons (Fsp3) is 0.375.